The number of carbonyl (C=O) groups is 2. The topological polar surface area (TPSA) is 63.4 Å². The maximum atomic E-state index is 11.8. The number of nitrogens with zero attached hydrogens (tertiary/aromatic N) is 1. The summed E-state index contributed by atoms with van der Waals surface area (Å²) in [7, 11) is 0. The first kappa shape index (κ1) is 11.5. The fourth-order valence-corrected chi connectivity index (χ4v) is 1.65. The van der Waals surface area contributed by atoms with Gasteiger partial charge in [0, 0.05) is 6.54 Å². The molecule has 2 atom stereocenters. The van der Waals surface area contributed by atoms with Gasteiger partial charge in [-0.1, -0.05) is 29.8 Å². The summed E-state index contributed by atoms with van der Waals surface area (Å²) < 4.78 is 0. The zero-order valence-corrected chi connectivity index (χ0v) is 9.95. The van der Waals surface area contributed by atoms with Crippen LogP contribution in [0.3, 0.4) is 0 Å². The summed E-state index contributed by atoms with van der Waals surface area (Å²) in [6.45, 7) is 4.55. The molecule has 0 bridgehead atoms. The molecule has 2 unspecified atom stereocenters. The molecule has 0 saturated carbocycles. The van der Waals surface area contributed by atoms with E-state index in [1.165, 1.54) is 0 Å². The fourth-order valence-electron chi connectivity index (χ4n) is 1.39. The van der Waals surface area contributed by atoms with Gasteiger partial charge in [0.25, 0.3) is 0 Å². The van der Waals surface area contributed by atoms with Gasteiger partial charge in [0.1, 0.15) is 6.04 Å². The van der Waals surface area contributed by atoms with Gasteiger partial charge in [-0.25, -0.2) is 0 Å². The summed E-state index contributed by atoms with van der Waals surface area (Å²) in [6, 6.07) is -0.388. The van der Waals surface area contributed by atoms with E-state index in [2.05, 4.69) is 15.9 Å². The third kappa shape index (κ3) is 2.08. The smallest absolute Gasteiger partial charge is 0.240 e. The Hall–Kier alpha value is -0.580. The minimum Gasteiger partial charge on any atom is -0.368 e. The zero-order valence-electron chi connectivity index (χ0n) is 8.37. The molecule has 2 N–H and O–H groups in total. The van der Waals surface area contributed by atoms with E-state index in [0.29, 0.717) is 13.0 Å². The minimum atomic E-state index is -0.409. The van der Waals surface area contributed by atoms with Gasteiger partial charge >= 0.3 is 0 Å². The lowest BCUT2D eigenvalue weighted by molar-refractivity contribution is -0.145. The van der Waals surface area contributed by atoms with Crippen molar-refractivity contribution in [3.05, 3.63) is 0 Å². The number of amides is 2. The third-order valence-corrected chi connectivity index (χ3v) is 3.90. The first-order chi connectivity index (χ1) is 6.45. The van der Waals surface area contributed by atoms with Gasteiger partial charge in [0.2, 0.25) is 11.8 Å². The number of primary amides is 1. The molecule has 1 aliphatic heterocycles. The average Bonchev–Trinajstić information content (AvgIpc) is 1.99. The van der Waals surface area contributed by atoms with E-state index in [4.69, 9.17) is 5.73 Å². The zero-order chi connectivity index (χ0) is 10.9. The number of likely N-dealkylation sites (tertiary alicyclic amines) is 1. The van der Waals surface area contributed by atoms with Crippen molar-refractivity contribution in [2.75, 3.05) is 6.54 Å². The number of nitrogens with two attached hydrogens (primary N) is 1. The second-order valence-electron chi connectivity index (χ2n) is 3.88. The van der Waals surface area contributed by atoms with Crippen LogP contribution in [0.5, 0.6) is 0 Å². The van der Waals surface area contributed by atoms with E-state index in [9.17, 15) is 9.59 Å². The van der Waals surface area contributed by atoms with E-state index < -0.39 is 5.91 Å². The summed E-state index contributed by atoms with van der Waals surface area (Å²) >= 11 is 3.32. The lowest BCUT2D eigenvalue weighted by Gasteiger charge is -2.40. The van der Waals surface area contributed by atoms with Crippen molar-refractivity contribution in [1.29, 1.82) is 0 Å². The minimum absolute atomic E-state index is 0.0324. The molecule has 2 amide bonds. The highest BCUT2D eigenvalue weighted by Gasteiger charge is 2.38. The first-order valence-corrected chi connectivity index (χ1v) is 5.60. The van der Waals surface area contributed by atoms with Crippen LogP contribution in [-0.4, -0.2) is 34.1 Å². The molecule has 1 fully saturated rings. The van der Waals surface area contributed by atoms with Crippen LogP contribution in [0.25, 0.3) is 0 Å². The van der Waals surface area contributed by atoms with Gasteiger partial charge < -0.3 is 10.6 Å². The SMILES string of the molecule is CC(C)C(Br)C(=O)N1CCC1C(N)=O. The Morgan fingerprint density at radius 1 is 1.50 bits per heavy atom. The Bertz CT molecular complexity index is 255. The van der Waals surface area contributed by atoms with Crippen LogP contribution < -0.4 is 5.73 Å². The Labute approximate surface area is 91.9 Å². The highest BCUT2D eigenvalue weighted by atomic mass is 79.9. The predicted octanol–water partition coefficient (Wildman–Crippen LogP) is 0.492. The number of hydrogen-bond acceptors (Lipinski definition) is 2. The van der Waals surface area contributed by atoms with Gasteiger partial charge in [0.05, 0.1) is 4.83 Å². The highest BCUT2D eigenvalue weighted by Crippen LogP contribution is 2.23. The van der Waals surface area contributed by atoms with E-state index in [-0.39, 0.29) is 22.7 Å². The summed E-state index contributed by atoms with van der Waals surface area (Å²) in [5.74, 6) is -0.222. The molecular weight excluding hydrogens is 248 g/mol. The van der Waals surface area contributed by atoms with Crippen LogP contribution in [0.15, 0.2) is 0 Å². The van der Waals surface area contributed by atoms with Crippen molar-refractivity contribution in [2.45, 2.75) is 31.1 Å². The molecule has 1 rings (SSSR count). The van der Waals surface area contributed by atoms with Gasteiger partial charge in [-0.15, -0.1) is 0 Å². The Balaban J connectivity index is 2.58. The summed E-state index contributed by atoms with van der Waals surface area (Å²) in [6.07, 6.45) is 0.693. The third-order valence-electron chi connectivity index (χ3n) is 2.45. The number of halogens is 1. The van der Waals surface area contributed by atoms with Crippen LogP contribution in [0.4, 0.5) is 0 Å². The Kier molecular flexibility index (Phi) is 3.53. The molecule has 1 saturated heterocycles. The molecule has 80 valence electrons. The van der Waals surface area contributed by atoms with Crippen molar-refractivity contribution >= 4 is 27.7 Å². The van der Waals surface area contributed by atoms with E-state index >= 15 is 0 Å². The molecule has 14 heavy (non-hydrogen) atoms. The maximum absolute atomic E-state index is 11.8. The predicted molar refractivity (Wildman–Crippen MR) is 56.9 cm³/mol. The molecule has 4 nitrogen and oxygen atoms in total. The molecule has 1 aliphatic rings. The standard InChI is InChI=1S/C9H15BrN2O2/c1-5(2)7(10)9(14)12-4-3-6(12)8(11)13/h5-7H,3-4H2,1-2H3,(H2,11,13). The van der Waals surface area contributed by atoms with Gasteiger partial charge in [-0.2, -0.15) is 0 Å². The molecular formula is C9H15BrN2O2. The highest BCUT2D eigenvalue weighted by molar-refractivity contribution is 9.10. The van der Waals surface area contributed by atoms with Crippen LogP contribution in [0.1, 0.15) is 20.3 Å². The molecule has 5 heteroatoms. The summed E-state index contributed by atoms with van der Waals surface area (Å²) in [5.41, 5.74) is 5.15. The Morgan fingerprint density at radius 2 is 2.07 bits per heavy atom. The van der Waals surface area contributed by atoms with E-state index in [1.54, 1.807) is 4.90 Å². The second kappa shape index (κ2) is 4.29. The van der Waals surface area contributed by atoms with Crippen LogP contribution in [-0.2, 0) is 9.59 Å². The molecule has 0 aromatic rings. The number of hydrogen-bond donors (Lipinski definition) is 1. The molecule has 1 heterocycles. The van der Waals surface area contributed by atoms with Crippen LogP contribution >= 0.6 is 15.9 Å². The molecule has 0 aromatic carbocycles. The molecule has 0 aromatic heterocycles. The number of alkyl halides is 1. The number of rotatable bonds is 3. The quantitative estimate of drug-likeness (QED) is 0.753. The lowest BCUT2D eigenvalue weighted by atomic mass is 10.00. The van der Waals surface area contributed by atoms with Crippen LogP contribution in [0, 0.1) is 5.92 Å². The van der Waals surface area contributed by atoms with Crippen molar-refractivity contribution in [3.63, 3.8) is 0 Å². The maximum Gasteiger partial charge on any atom is 0.240 e. The second-order valence-corrected chi connectivity index (χ2v) is 4.87. The van der Waals surface area contributed by atoms with Crippen molar-refractivity contribution in [1.82, 2.24) is 4.90 Å². The van der Waals surface area contributed by atoms with Gasteiger partial charge in [-0.3, -0.25) is 9.59 Å². The van der Waals surface area contributed by atoms with Crippen molar-refractivity contribution in [2.24, 2.45) is 11.7 Å². The van der Waals surface area contributed by atoms with Crippen LogP contribution in [0.2, 0.25) is 0 Å². The molecule has 0 radical (unpaired) electrons. The first-order valence-electron chi connectivity index (χ1n) is 4.69. The fraction of sp³-hybridized carbons (Fsp3) is 0.778. The van der Waals surface area contributed by atoms with Crippen molar-refractivity contribution in [3.8, 4) is 0 Å². The summed E-state index contributed by atoms with van der Waals surface area (Å²) in [5, 5.41) is 0. The van der Waals surface area contributed by atoms with E-state index in [1.807, 2.05) is 13.8 Å². The Morgan fingerprint density at radius 3 is 2.36 bits per heavy atom. The number of carbonyl (C=O) groups excluding carboxylic acids is 2. The largest absolute Gasteiger partial charge is 0.368 e. The lowest BCUT2D eigenvalue weighted by Crippen LogP contribution is -2.59. The monoisotopic (exact) mass is 262 g/mol. The van der Waals surface area contributed by atoms with Gasteiger partial charge in [-0.05, 0) is 12.3 Å². The summed E-state index contributed by atoms with van der Waals surface area (Å²) in [4.78, 5) is 24.0. The van der Waals surface area contributed by atoms with Gasteiger partial charge in [0.15, 0.2) is 0 Å². The molecule has 0 aliphatic carbocycles. The average molecular weight is 263 g/mol. The van der Waals surface area contributed by atoms with E-state index in [0.717, 1.165) is 0 Å². The normalized spacial score (nSPS) is 23.1. The van der Waals surface area contributed by atoms with Crippen molar-refractivity contribution < 1.29 is 9.59 Å². The molecule has 0 spiro atoms.